The summed E-state index contributed by atoms with van der Waals surface area (Å²) in [4.78, 5) is 3.33. The molecule has 0 amide bonds. The number of hydrogen-bond acceptors (Lipinski definition) is 0. The molecular weight excluding hydrogens is 124 g/mol. The molecule has 10 heavy (non-hydrogen) atoms. The second-order valence-electron chi connectivity index (χ2n) is 2.69. The van der Waals surface area contributed by atoms with Gasteiger partial charge in [0, 0.05) is 20.3 Å². The molecule has 1 N–H and O–H groups in total. The molecule has 0 aliphatic heterocycles. The summed E-state index contributed by atoms with van der Waals surface area (Å²) in [7, 11) is 2.08. The van der Waals surface area contributed by atoms with Gasteiger partial charge in [-0.2, -0.15) is 0 Å². The van der Waals surface area contributed by atoms with Crippen molar-refractivity contribution in [2.24, 2.45) is 7.05 Å². The Morgan fingerprint density at radius 1 is 1.40 bits per heavy atom. The number of rotatable bonds is 1. The van der Waals surface area contributed by atoms with E-state index in [4.69, 9.17) is 0 Å². The average Bonchev–Trinajstić information content (AvgIpc) is 2.17. The van der Waals surface area contributed by atoms with Crippen molar-refractivity contribution in [3.05, 3.63) is 17.2 Å². The van der Waals surface area contributed by atoms with Crippen LogP contribution in [-0.2, 0) is 13.5 Å². The number of nitrogens with one attached hydrogen (secondary N) is 1. The van der Waals surface area contributed by atoms with Gasteiger partial charge in [-0.25, -0.2) is 9.55 Å². The highest BCUT2D eigenvalue weighted by Crippen LogP contribution is 2.00. The number of hydrogen-bond donors (Lipinski definition) is 1. The van der Waals surface area contributed by atoms with E-state index in [0.717, 1.165) is 6.42 Å². The minimum Gasteiger partial charge on any atom is -0.245 e. The van der Waals surface area contributed by atoms with E-state index in [1.165, 1.54) is 17.2 Å². The number of aromatic nitrogens is 2. The average molecular weight is 139 g/mol. The van der Waals surface area contributed by atoms with Crippen molar-refractivity contribution in [1.82, 2.24) is 4.98 Å². The number of nitrogens with zero attached hydrogens (tertiary/aromatic N) is 1. The first kappa shape index (κ1) is 7.32. The molecule has 0 saturated heterocycles. The minimum absolute atomic E-state index is 1.09. The standard InChI is InChI=1S/C8H14N2/c1-5-8-6(2)10(4)7(3)9-8/h5H2,1-4H3/p+1. The first-order chi connectivity index (χ1) is 4.66. The van der Waals surface area contributed by atoms with Crippen molar-refractivity contribution in [3.63, 3.8) is 0 Å². The molecule has 1 aromatic rings. The Morgan fingerprint density at radius 3 is 2.20 bits per heavy atom. The monoisotopic (exact) mass is 139 g/mol. The lowest BCUT2D eigenvalue weighted by atomic mass is 10.3. The number of aryl methyl sites for hydroxylation is 2. The van der Waals surface area contributed by atoms with Gasteiger partial charge in [0.2, 0.25) is 0 Å². The first-order valence-electron chi connectivity index (χ1n) is 3.71. The molecule has 1 aromatic heterocycles. The maximum Gasteiger partial charge on any atom is 0.251 e. The van der Waals surface area contributed by atoms with Crippen LogP contribution < -0.4 is 4.57 Å². The summed E-state index contributed by atoms with van der Waals surface area (Å²) in [6.07, 6.45) is 1.09. The molecule has 0 bridgehead atoms. The van der Waals surface area contributed by atoms with E-state index in [-0.39, 0.29) is 0 Å². The smallest absolute Gasteiger partial charge is 0.245 e. The Hall–Kier alpha value is -0.790. The van der Waals surface area contributed by atoms with E-state index in [1.54, 1.807) is 0 Å². The van der Waals surface area contributed by atoms with Crippen LogP contribution in [0.15, 0.2) is 0 Å². The van der Waals surface area contributed by atoms with Gasteiger partial charge in [-0.05, 0) is 0 Å². The van der Waals surface area contributed by atoms with Gasteiger partial charge in [0.05, 0.1) is 7.05 Å². The van der Waals surface area contributed by atoms with Crippen molar-refractivity contribution in [2.75, 3.05) is 0 Å². The van der Waals surface area contributed by atoms with Gasteiger partial charge in [0.25, 0.3) is 5.82 Å². The third-order valence-electron chi connectivity index (χ3n) is 2.13. The third-order valence-corrected chi connectivity index (χ3v) is 2.13. The highest BCUT2D eigenvalue weighted by atomic mass is 15.1. The maximum atomic E-state index is 3.33. The van der Waals surface area contributed by atoms with Crippen LogP contribution in [0.3, 0.4) is 0 Å². The molecule has 1 rings (SSSR count). The topological polar surface area (TPSA) is 19.7 Å². The lowest BCUT2D eigenvalue weighted by Gasteiger charge is -1.87. The zero-order valence-corrected chi connectivity index (χ0v) is 7.15. The van der Waals surface area contributed by atoms with Crippen LogP contribution in [-0.4, -0.2) is 4.98 Å². The third kappa shape index (κ3) is 0.939. The Bertz CT molecular complexity index is 236. The molecule has 1 heterocycles. The van der Waals surface area contributed by atoms with Crippen LogP contribution >= 0.6 is 0 Å². The van der Waals surface area contributed by atoms with Crippen LogP contribution in [0.4, 0.5) is 0 Å². The Labute approximate surface area is 61.9 Å². The fraction of sp³-hybridized carbons (Fsp3) is 0.625. The summed E-state index contributed by atoms with van der Waals surface area (Å²) in [5, 5.41) is 0. The van der Waals surface area contributed by atoms with E-state index < -0.39 is 0 Å². The molecule has 0 saturated carbocycles. The summed E-state index contributed by atoms with van der Waals surface area (Å²) in [6.45, 7) is 6.40. The Kier molecular flexibility index (Phi) is 1.79. The summed E-state index contributed by atoms with van der Waals surface area (Å²) >= 11 is 0. The molecule has 2 heteroatoms. The lowest BCUT2D eigenvalue weighted by Crippen LogP contribution is -2.32. The van der Waals surface area contributed by atoms with Crippen molar-refractivity contribution in [1.29, 1.82) is 0 Å². The van der Waals surface area contributed by atoms with E-state index >= 15 is 0 Å². The molecule has 0 fully saturated rings. The SMILES string of the molecule is CCc1[nH]c(C)[n+](C)c1C. The van der Waals surface area contributed by atoms with Crippen LogP contribution in [0.2, 0.25) is 0 Å². The van der Waals surface area contributed by atoms with Crippen molar-refractivity contribution in [3.8, 4) is 0 Å². The van der Waals surface area contributed by atoms with Gasteiger partial charge in [-0.15, -0.1) is 0 Å². The van der Waals surface area contributed by atoms with Crippen LogP contribution in [0.5, 0.6) is 0 Å². The molecule has 0 spiro atoms. The van der Waals surface area contributed by atoms with E-state index in [2.05, 4.69) is 37.4 Å². The van der Waals surface area contributed by atoms with E-state index in [0.29, 0.717) is 0 Å². The Balaban J connectivity index is 3.17. The fourth-order valence-corrected chi connectivity index (χ4v) is 1.19. The lowest BCUT2D eigenvalue weighted by molar-refractivity contribution is -0.682. The van der Waals surface area contributed by atoms with Gasteiger partial charge in [-0.3, -0.25) is 0 Å². The molecule has 0 aromatic carbocycles. The fourth-order valence-electron chi connectivity index (χ4n) is 1.19. The van der Waals surface area contributed by atoms with E-state index in [1.807, 2.05) is 0 Å². The van der Waals surface area contributed by atoms with Crippen LogP contribution in [0.1, 0.15) is 24.1 Å². The summed E-state index contributed by atoms with van der Waals surface area (Å²) < 4.78 is 2.18. The highest BCUT2D eigenvalue weighted by Gasteiger charge is 2.11. The zero-order chi connectivity index (χ0) is 7.72. The predicted molar refractivity (Wildman–Crippen MR) is 40.8 cm³/mol. The summed E-state index contributed by atoms with van der Waals surface area (Å²) in [5.41, 5.74) is 2.69. The second kappa shape index (κ2) is 2.45. The molecule has 2 nitrogen and oxygen atoms in total. The quantitative estimate of drug-likeness (QED) is 0.560. The molecule has 0 aliphatic carbocycles. The van der Waals surface area contributed by atoms with Crippen molar-refractivity contribution < 1.29 is 4.57 Å². The summed E-state index contributed by atoms with van der Waals surface area (Å²) in [6, 6.07) is 0. The molecule has 0 atom stereocenters. The molecule has 0 radical (unpaired) electrons. The van der Waals surface area contributed by atoms with Gasteiger partial charge < -0.3 is 0 Å². The highest BCUT2D eigenvalue weighted by molar-refractivity contribution is 5.04. The van der Waals surface area contributed by atoms with Crippen LogP contribution in [0, 0.1) is 13.8 Å². The molecule has 0 unspecified atom stereocenters. The molecule has 0 aliphatic rings. The van der Waals surface area contributed by atoms with Crippen LogP contribution in [0.25, 0.3) is 0 Å². The predicted octanol–water partition coefficient (Wildman–Crippen LogP) is 1.02. The van der Waals surface area contributed by atoms with Gasteiger partial charge >= 0.3 is 0 Å². The van der Waals surface area contributed by atoms with Gasteiger partial charge in [-0.1, -0.05) is 6.92 Å². The number of aromatic amines is 1. The molecular formula is C8H15N2+. The minimum atomic E-state index is 1.09. The van der Waals surface area contributed by atoms with Gasteiger partial charge in [0.1, 0.15) is 11.4 Å². The number of H-pyrrole nitrogens is 1. The maximum absolute atomic E-state index is 3.33. The second-order valence-corrected chi connectivity index (χ2v) is 2.69. The zero-order valence-electron chi connectivity index (χ0n) is 7.15. The Morgan fingerprint density at radius 2 is 2.00 bits per heavy atom. The van der Waals surface area contributed by atoms with E-state index in [9.17, 15) is 0 Å². The normalized spacial score (nSPS) is 10.4. The molecule has 56 valence electrons. The van der Waals surface area contributed by atoms with Crippen molar-refractivity contribution in [2.45, 2.75) is 27.2 Å². The van der Waals surface area contributed by atoms with Crippen molar-refractivity contribution >= 4 is 0 Å². The largest absolute Gasteiger partial charge is 0.251 e. The first-order valence-corrected chi connectivity index (χ1v) is 3.71. The van der Waals surface area contributed by atoms with Gasteiger partial charge in [0.15, 0.2) is 0 Å². The summed E-state index contributed by atoms with van der Waals surface area (Å²) in [5.74, 6) is 1.23. The number of imidazole rings is 1.